The van der Waals surface area contributed by atoms with Gasteiger partial charge in [-0.15, -0.1) is 0 Å². The maximum Gasteiger partial charge on any atom is 0.148 e. The van der Waals surface area contributed by atoms with Crippen LogP contribution in [-0.2, 0) is 25.1 Å². The Labute approximate surface area is 227 Å². The van der Waals surface area contributed by atoms with E-state index in [4.69, 9.17) is 11.6 Å². The van der Waals surface area contributed by atoms with Crippen LogP contribution in [-0.4, -0.2) is 29.7 Å². The molecule has 0 amide bonds. The van der Waals surface area contributed by atoms with Crippen molar-refractivity contribution in [3.8, 4) is 0 Å². The molecule has 0 bridgehead atoms. The predicted octanol–water partition coefficient (Wildman–Crippen LogP) is 6.02. The first-order valence-electron chi connectivity index (χ1n) is 12.4. The highest BCUT2D eigenvalue weighted by Gasteiger charge is 2.41. The van der Waals surface area contributed by atoms with E-state index in [1.165, 1.54) is 29.5 Å². The van der Waals surface area contributed by atoms with Crippen molar-refractivity contribution >= 4 is 28.2 Å². The van der Waals surface area contributed by atoms with Crippen LogP contribution in [0.4, 0.5) is 18.9 Å². The predicted molar refractivity (Wildman–Crippen MR) is 143 cm³/mol. The highest BCUT2D eigenvalue weighted by Crippen LogP contribution is 2.39. The first-order chi connectivity index (χ1) is 18.7. The SMILES string of the molecule is CCc1c2cc(NCc3ccc(Cl)cc3)c(F)cc2nn1[C@H](C)[C@](O)(Cn1cncn1)c1ccc(F)cc1F. The molecule has 2 heterocycles. The first-order valence-corrected chi connectivity index (χ1v) is 12.8. The number of nitrogens with zero attached hydrogens (tertiary/aromatic N) is 5. The van der Waals surface area contributed by atoms with Gasteiger partial charge in [-0.25, -0.2) is 22.8 Å². The van der Waals surface area contributed by atoms with E-state index in [9.17, 15) is 9.50 Å². The Hall–Kier alpha value is -3.89. The molecule has 0 radical (unpaired) electrons. The summed E-state index contributed by atoms with van der Waals surface area (Å²) in [6.07, 6.45) is 3.19. The average molecular weight is 555 g/mol. The van der Waals surface area contributed by atoms with Gasteiger partial charge < -0.3 is 10.4 Å². The van der Waals surface area contributed by atoms with Crippen LogP contribution in [0.15, 0.2) is 67.3 Å². The van der Waals surface area contributed by atoms with Crippen LogP contribution in [0.2, 0.25) is 5.02 Å². The normalized spacial score (nSPS) is 13.9. The lowest BCUT2D eigenvalue weighted by Crippen LogP contribution is -2.41. The summed E-state index contributed by atoms with van der Waals surface area (Å²) in [6.45, 7) is 3.80. The van der Waals surface area contributed by atoms with E-state index in [0.717, 1.165) is 17.7 Å². The molecule has 7 nitrogen and oxygen atoms in total. The quantitative estimate of drug-likeness (QED) is 0.233. The summed E-state index contributed by atoms with van der Waals surface area (Å²) in [5.74, 6) is -2.15. The van der Waals surface area contributed by atoms with Crippen molar-refractivity contribution in [1.82, 2.24) is 24.5 Å². The number of aliphatic hydroxyl groups is 1. The van der Waals surface area contributed by atoms with Crippen molar-refractivity contribution < 1.29 is 18.3 Å². The summed E-state index contributed by atoms with van der Waals surface area (Å²) in [5, 5.41) is 25.1. The van der Waals surface area contributed by atoms with Gasteiger partial charge >= 0.3 is 0 Å². The monoisotopic (exact) mass is 554 g/mol. The third kappa shape index (κ3) is 5.22. The molecule has 0 saturated heterocycles. The lowest BCUT2D eigenvalue weighted by molar-refractivity contribution is -0.0374. The number of benzene rings is 3. The van der Waals surface area contributed by atoms with E-state index in [1.807, 2.05) is 19.1 Å². The van der Waals surface area contributed by atoms with Crippen molar-refractivity contribution in [3.05, 3.63) is 107 Å². The van der Waals surface area contributed by atoms with E-state index in [0.29, 0.717) is 40.3 Å². The molecule has 0 spiro atoms. The number of halogens is 4. The molecule has 2 aromatic heterocycles. The lowest BCUT2D eigenvalue weighted by atomic mass is 9.86. The Kier molecular flexibility index (Phi) is 7.33. The van der Waals surface area contributed by atoms with Crippen molar-refractivity contribution in [2.24, 2.45) is 0 Å². The minimum Gasteiger partial charge on any atom is -0.381 e. The maximum atomic E-state index is 15.1. The van der Waals surface area contributed by atoms with Crippen LogP contribution in [0.25, 0.3) is 10.9 Å². The van der Waals surface area contributed by atoms with E-state index < -0.39 is 29.1 Å². The second-order valence-corrected chi connectivity index (χ2v) is 9.83. The number of rotatable bonds is 9. The van der Waals surface area contributed by atoms with Crippen molar-refractivity contribution in [2.45, 2.75) is 45.0 Å². The fraction of sp³-hybridized carbons (Fsp3) is 0.250. The summed E-state index contributed by atoms with van der Waals surface area (Å²) < 4.78 is 46.8. The Balaban J connectivity index is 1.56. The molecule has 0 unspecified atom stereocenters. The van der Waals surface area contributed by atoms with E-state index in [-0.39, 0.29) is 12.1 Å². The average Bonchev–Trinajstić information content (AvgIpc) is 3.54. The number of nitrogens with one attached hydrogen (secondary N) is 1. The van der Waals surface area contributed by atoms with Gasteiger partial charge in [0.2, 0.25) is 0 Å². The number of fused-ring (bicyclic) bond motifs is 1. The van der Waals surface area contributed by atoms with Crippen LogP contribution >= 0.6 is 11.6 Å². The molecular formula is C28H26ClF3N6O. The summed E-state index contributed by atoms with van der Waals surface area (Å²) >= 11 is 5.95. The Morgan fingerprint density at radius 2 is 1.82 bits per heavy atom. The lowest BCUT2D eigenvalue weighted by Gasteiger charge is -2.35. The van der Waals surface area contributed by atoms with Gasteiger partial charge in [0.1, 0.15) is 35.7 Å². The minimum atomic E-state index is -1.91. The summed E-state index contributed by atoms with van der Waals surface area (Å²) in [4.78, 5) is 3.91. The summed E-state index contributed by atoms with van der Waals surface area (Å²) in [6, 6.07) is 12.4. The first kappa shape index (κ1) is 26.7. The zero-order valence-electron chi connectivity index (χ0n) is 21.2. The fourth-order valence-electron chi connectivity index (χ4n) is 4.83. The highest BCUT2D eigenvalue weighted by atomic mass is 35.5. The molecular weight excluding hydrogens is 529 g/mol. The van der Waals surface area contributed by atoms with Crippen LogP contribution in [0.3, 0.4) is 0 Å². The third-order valence-electron chi connectivity index (χ3n) is 6.94. The Morgan fingerprint density at radius 3 is 2.49 bits per heavy atom. The minimum absolute atomic E-state index is 0.120. The molecule has 0 fully saturated rings. The van der Waals surface area contributed by atoms with E-state index in [2.05, 4.69) is 20.5 Å². The number of hydrogen-bond donors (Lipinski definition) is 2. The van der Waals surface area contributed by atoms with Gasteiger partial charge in [0.05, 0.1) is 23.8 Å². The van der Waals surface area contributed by atoms with E-state index >= 15 is 8.78 Å². The van der Waals surface area contributed by atoms with Crippen LogP contribution in [0.1, 0.15) is 36.7 Å². The topological polar surface area (TPSA) is 80.8 Å². The molecule has 3 aromatic carbocycles. The van der Waals surface area contributed by atoms with Crippen molar-refractivity contribution in [1.29, 1.82) is 0 Å². The van der Waals surface area contributed by atoms with Crippen molar-refractivity contribution in [3.63, 3.8) is 0 Å². The third-order valence-corrected chi connectivity index (χ3v) is 7.20. The molecule has 5 rings (SSSR count). The number of hydrogen-bond acceptors (Lipinski definition) is 5. The number of aromatic nitrogens is 5. The van der Waals surface area contributed by atoms with Gasteiger partial charge in [0, 0.05) is 40.3 Å². The molecule has 2 N–H and O–H groups in total. The van der Waals surface area contributed by atoms with Gasteiger partial charge in [-0.2, -0.15) is 10.2 Å². The van der Waals surface area contributed by atoms with Crippen LogP contribution in [0.5, 0.6) is 0 Å². The molecule has 39 heavy (non-hydrogen) atoms. The smallest absolute Gasteiger partial charge is 0.148 e. The van der Waals surface area contributed by atoms with E-state index in [1.54, 1.807) is 29.8 Å². The standard InChI is InChI=1S/C28H26ClF3N6O/c1-3-27-21-11-26(34-13-18-4-6-19(29)7-5-18)24(32)12-25(21)36-38(27)17(2)28(39,14-37-16-33-15-35-37)22-9-8-20(30)10-23(22)31/h4-12,15-17,34,39H,3,13-14H2,1-2H3/t17-,28-/m1/s1. The van der Waals surface area contributed by atoms with Gasteiger partial charge in [-0.3, -0.25) is 4.68 Å². The van der Waals surface area contributed by atoms with Crippen LogP contribution in [0, 0.1) is 17.5 Å². The van der Waals surface area contributed by atoms with Crippen molar-refractivity contribution in [2.75, 3.05) is 5.32 Å². The molecule has 202 valence electrons. The molecule has 5 aromatic rings. The zero-order valence-corrected chi connectivity index (χ0v) is 22.0. The van der Waals surface area contributed by atoms with Gasteiger partial charge in [0.15, 0.2) is 0 Å². The molecule has 0 aliphatic rings. The number of aryl methyl sites for hydroxylation is 1. The molecule has 11 heteroatoms. The number of anilines is 1. The second kappa shape index (κ2) is 10.7. The Bertz CT molecular complexity index is 1610. The van der Waals surface area contributed by atoms with Gasteiger partial charge in [-0.05, 0) is 43.2 Å². The molecule has 0 aliphatic heterocycles. The largest absolute Gasteiger partial charge is 0.381 e. The molecule has 0 aliphatic carbocycles. The zero-order chi connectivity index (χ0) is 27.7. The fourth-order valence-corrected chi connectivity index (χ4v) is 4.96. The Morgan fingerprint density at radius 1 is 1.05 bits per heavy atom. The maximum absolute atomic E-state index is 15.1. The van der Waals surface area contributed by atoms with Crippen LogP contribution < -0.4 is 5.32 Å². The molecule has 2 atom stereocenters. The molecule has 0 saturated carbocycles. The summed E-state index contributed by atoms with van der Waals surface area (Å²) in [5.41, 5.74) is 0.291. The summed E-state index contributed by atoms with van der Waals surface area (Å²) in [7, 11) is 0. The van der Waals surface area contributed by atoms with Gasteiger partial charge in [0.25, 0.3) is 0 Å². The second-order valence-electron chi connectivity index (χ2n) is 9.39. The highest BCUT2D eigenvalue weighted by molar-refractivity contribution is 6.30. The van der Waals surface area contributed by atoms with Gasteiger partial charge in [-0.1, -0.05) is 36.7 Å².